The molecule has 0 amide bonds. The van der Waals surface area contributed by atoms with Gasteiger partial charge in [0.05, 0.1) is 17.6 Å². The molecule has 0 bridgehead atoms. The quantitative estimate of drug-likeness (QED) is 0.511. The molecular weight excluding hydrogens is 342 g/mol. The molecule has 5 aromatic rings. The third kappa shape index (κ3) is 2.56. The smallest absolute Gasteiger partial charge is 0.180 e. The number of H-pyrrole nitrogens is 1. The highest BCUT2D eigenvalue weighted by Crippen LogP contribution is 2.25. The van der Waals surface area contributed by atoms with Gasteiger partial charge in [-0.25, -0.2) is 19.9 Å². The lowest BCUT2D eigenvalue weighted by Gasteiger charge is -2.05. The Balaban J connectivity index is 1.57. The number of aryl methyl sites for hydroxylation is 2. The molecule has 0 saturated heterocycles. The van der Waals surface area contributed by atoms with Gasteiger partial charge in [0, 0.05) is 24.0 Å². The van der Waals surface area contributed by atoms with Gasteiger partial charge in [0.25, 0.3) is 0 Å². The number of rotatable bonds is 3. The van der Waals surface area contributed by atoms with Crippen molar-refractivity contribution in [3.63, 3.8) is 0 Å². The zero-order chi connectivity index (χ0) is 18.4. The molecule has 0 fully saturated rings. The molecule has 5 aromatic heterocycles. The van der Waals surface area contributed by atoms with Gasteiger partial charge in [0.2, 0.25) is 0 Å². The first-order valence-corrected chi connectivity index (χ1v) is 8.39. The lowest BCUT2D eigenvalue weighted by molar-refractivity contribution is 0.845. The van der Waals surface area contributed by atoms with Gasteiger partial charge in [-0.3, -0.25) is 5.10 Å². The monoisotopic (exact) mass is 357 g/mol. The molecule has 0 unspecified atom stereocenters. The average molecular weight is 357 g/mol. The Hall–Kier alpha value is -3.88. The fourth-order valence-corrected chi connectivity index (χ4v) is 2.99. The summed E-state index contributed by atoms with van der Waals surface area (Å²) >= 11 is 0. The minimum absolute atomic E-state index is 0.602. The van der Waals surface area contributed by atoms with E-state index in [1.165, 1.54) is 0 Å². The fourth-order valence-electron chi connectivity index (χ4n) is 2.99. The van der Waals surface area contributed by atoms with Crippen LogP contribution in [0.4, 0.5) is 11.5 Å². The van der Waals surface area contributed by atoms with Crippen LogP contribution in [0.3, 0.4) is 0 Å². The second-order valence-corrected chi connectivity index (χ2v) is 6.23. The molecule has 0 saturated carbocycles. The summed E-state index contributed by atoms with van der Waals surface area (Å²) in [7, 11) is 0. The number of aromatic nitrogens is 8. The van der Waals surface area contributed by atoms with Crippen LogP contribution in [0.25, 0.3) is 28.0 Å². The molecule has 0 spiro atoms. The molecule has 5 rings (SSSR count). The molecule has 5 heterocycles. The van der Waals surface area contributed by atoms with Crippen LogP contribution in [-0.4, -0.2) is 39.9 Å². The molecule has 0 aliphatic carbocycles. The average Bonchev–Trinajstić information content (AvgIpc) is 3.23. The Labute approximate surface area is 153 Å². The van der Waals surface area contributed by atoms with Gasteiger partial charge in [-0.15, -0.1) is 0 Å². The highest BCUT2D eigenvalue weighted by molar-refractivity contribution is 5.87. The highest BCUT2D eigenvalue weighted by Gasteiger charge is 2.14. The molecule has 0 atom stereocenters. The zero-order valence-corrected chi connectivity index (χ0v) is 14.7. The molecule has 27 heavy (non-hydrogen) atoms. The van der Waals surface area contributed by atoms with Crippen molar-refractivity contribution in [2.45, 2.75) is 13.8 Å². The van der Waals surface area contributed by atoms with Gasteiger partial charge in [-0.05, 0) is 37.6 Å². The van der Waals surface area contributed by atoms with Gasteiger partial charge >= 0.3 is 0 Å². The van der Waals surface area contributed by atoms with Crippen molar-refractivity contribution in [3.05, 3.63) is 54.2 Å². The second-order valence-electron chi connectivity index (χ2n) is 6.23. The molecule has 0 radical (unpaired) electrons. The number of aromatic amines is 1. The second kappa shape index (κ2) is 5.84. The van der Waals surface area contributed by atoms with Crippen LogP contribution in [0, 0.1) is 13.8 Å². The zero-order valence-electron chi connectivity index (χ0n) is 14.7. The predicted molar refractivity (Wildman–Crippen MR) is 101 cm³/mol. The first-order valence-electron chi connectivity index (χ1n) is 8.39. The number of hydrogen-bond acceptors (Lipinski definition) is 7. The third-order valence-corrected chi connectivity index (χ3v) is 4.28. The summed E-state index contributed by atoms with van der Waals surface area (Å²) in [6, 6.07) is 5.93. The van der Waals surface area contributed by atoms with Crippen molar-refractivity contribution in [1.82, 2.24) is 39.9 Å². The minimum Gasteiger partial charge on any atom is -0.336 e. The summed E-state index contributed by atoms with van der Waals surface area (Å²) in [6.07, 6.45) is 6.77. The van der Waals surface area contributed by atoms with Gasteiger partial charge in [0.1, 0.15) is 0 Å². The van der Waals surface area contributed by atoms with Crippen molar-refractivity contribution in [2.75, 3.05) is 5.32 Å². The van der Waals surface area contributed by atoms with Crippen molar-refractivity contribution < 1.29 is 0 Å². The number of anilines is 2. The molecule has 0 aliphatic rings. The first kappa shape index (κ1) is 15.4. The maximum absolute atomic E-state index is 4.61. The summed E-state index contributed by atoms with van der Waals surface area (Å²) in [4.78, 5) is 17.5. The molecular formula is C18H15N9. The Morgan fingerprint density at radius 1 is 1.00 bits per heavy atom. The van der Waals surface area contributed by atoms with Gasteiger partial charge in [0.15, 0.2) is 28.4 Å². The van der Waals surface area contributed by atoms with Crippen molar-refractivity contribution in [3.8, 4) is 5.82 Å². The van der Waals surface area contributed by atoms with E-state index in [1.54, 1.807) is 29.5 Å². The van der Waals surface area contributed by atoms with E-state index in [0.29, 0.717) is 17.0 Å². The van der Waals surface area contributed by atoms with E-state index in [2.05, 4.69) is 40.5 Å². The summed E-state index contributed by atoms with van der Waals surface area (Å²) < 4.78 is 1.76. The van der Waals surface area contributed by atoms with Crippen LogP contribution < -0.4 is 5.32 Å². The van der Waals surface area contributed by atoms with E-state index in [1.807, 2.05) is 32.0 Å². The number of hydrogen-bond donors (Lipinski definition) is 2. The number of pyridine rings is 2. The lowest BCUT2D eigenvalue weighted by atomic mass is 10.2. The van der Waals surface area contributed by atoms with Crippen LogP contribution in [0.1, 0.15) is 11.3 Å². The minimum atomic E-state index is 0.602. The molecule has 2 N–H and O–H groups in total. The number of nitrogens with zero attached hydrogens (tertiary/aromatic N) is 7. The molecule has 132 valence electrons. The van der Waals surface area contributed by atoms with Crippen molar-refractivity contribution in [1.29, 1.82) is 0 Å². The van der Waals surface area contributed by atoms with Crippen LogP contribution in [0.5, 0.6) is 0 Å². The van der Waals surface area contributed by atoms with Gasteiger partial charge in [-0.2, -0.15) is 14.9 Å². The summed E-state index contributed by atoms with van der Waals surface area (Å²) in [5.41, 5.74) is 4.84. The Morgan fingerprint density at radius 2 is 1.89 bits per heavy atom. The standard InChI is InChI=1S/C18H15N9/c1-10-3-4-19-14(7-10)27-18-13(11(2)26-27)8-12(9-22-18)23-17-15-16(24-25-17)21-6-5-20-15/h3-9H,1-2H3,(H2,21,23,24,25). The Morgan fingerprint density at radius 3 is 2.78 bits per heavy atom. The van der Waals surface area contributed by atoms with E-state index in [4.69, 9.17) is 0 Å². The Kier molecular flexibility index (Phi) is 3.32. The van der Waals surface area contributed by atoms with Crippen LogP contribution >= 0.6 is 0 Å². The molecule has 9 nitrogen and oxygen atoms in total. The van der Waals surface area contributed by atoms with Crippen LogP contribution in [-0.2, 0) is 0 Å². The van der Waals surface area contributed by atoms with Crippen molar-refractivity contribution >= 4 is 33.7 Å². The molecule has 0 aliphatic heterocycles. The normalized spacial score (nSPS) is 11.3. The van der Waals surface area contributed by atoms with E-state index in [-0.39, 0.29) is 0 Å². The first-order chi connectivity index (χ1) is 13.2. The maximum atomic E-state index is 4.61. The number of nitrogens with one attached hydrogen (secondary N) is 2. The molecule has 9 heteroatoms. The third-order valence-electron chi connectivity index (χ3n) is 4.28. The van der Waals surface area contributed by atoms with E-state index < -0.39 is 0 Å². The lowest BCUT2D eigenvalue weighted by Crippen LogP contribution is -2.01. The van der Waals surface area contributed by atoms with E-state index >= 15 is 0 Å². The largest absolute Gasteiger partial charge is 0.336 e. The fraction of sp³-hybridized carbons (Fsp3) is 0.111. The summed E-state index contributed by atoms with van der Waals surface area (Å²) in [5, 5.41) is 15.9. The topological polar surface area (TPSA) is 110 Å². The van der Waals surface area contributed by atoms with Gasteiger partial charge < -0.3 is 5.32 Å². The van der Waals surface area contributed by atoms with E-state index in [0.717, 1.165) is 33.8 Å². The highest BCUT2D eigenvalue weighted by atomic mass is 15.3. The maximum Gasteiger partial charge on any atom is 0.180 e. The Bertz CT molecular complexity index is 1280. The predicted octanol–water partition coefficient (Wildman–Crippen LogP) is 2.84. The SMILES string of the molecule is Cc1ccnc(-n2nc(C)c3cc(Nc4n[nH]c5nccnc45)cnc32)c1. The summed E-state index contributed by atoms with van der Waals surface area (Å²) in [6.45, 7) is 3.98. The van der Waals surface area contributed by atoms with Crippen LogP contribution in [0.15, 0.2) is 43.0 Å². The van der Waals surface area contributed by atoms with Gasteiger partial charge in [-0.1, -0.05) is 0 Å². The van der Waals surface area contributed by atoms with E-state index in [9.17, 15) is 0 Å². The van der Waals surface area contributed by atoms with Crippen LogP contribution in [0.2, 0.25) is 0 Å². The summed E-state index contributed by atoms with van der Waals surface area (Å²) in [5.74, 6) is 1.35. The number of fused-ring (bicyclic) bond motifs is 2. The molecule has 0 aromatic carbocycles. The van der Waals surface area contributed by atoms with Crippen molar-refractivity contribution in [2.24, 2.45) is 0 Å².